The van der Waals surface area contributed by atoms with Crippen LogP contribution in [-0.2, 0) is 4.74 Å². The number of carbonyl (C=O) groups excluding carboxylic acids is 1. The number of carbonyl (C=O) groups is 1. The van der Waals surface area contributed by atoms with Crippen LogP contribution in [0, 0.1) is 13.8 Å². The average molecular weight is 404 g/mol. The Labute approximate surface area is 172 Å². The summed E-state index contributed by atoms with van der Waals surface area (Å²) in [6, 6.07) is 17.7. The zero-order valence-corrected chi connectivity index (χ0v) is 17.2. The summed E-state index contributed by atoms with van der Waals surface area (Å²) in [5.74, 6) is -0.454. The largest absolute Gasteiger partial charge is 0.461 e. The van der Waals surface area contributed by atoms with Crippen molar-refractivity contribution in [3.05, 3.63) is 71.4 Å². The fourth-order valence-corrected chi connectivity index (χ4v) is 3.89. The molecule has 2 aromatic carbocycles. The monoisotopic (exact) mass is 404 g/mol. The number of esters is 1. The standard InChI is InChI=1S/C22H20N4O2S/c1-4-28-22(27)17-13-19(26(25-17)18-11-6-5-9-15(18)3)21-24-23-20(29-21)16-10-7-8-14(2)12-16/h5-13H,4H2,1-3H3. The van der Waals surface area contributed by atoms with Gasteiger partial charge < -0.3 is 4.74 Å². The first-order valence-electron chi connectivity index (χ1n) is 9.31. The summed E-state index contributed by atoms with van der Waals surface area (Å²) in [4.78, 5) is 12.3. The van der Waals surface area contributed by atoms with Crippen LogP contribution in [0.1, 0.15) is 28.5 Å². The van der Waals surface area contributed by atoms with Gasteiger partial charge in [0.05, 0.1) is 12.3 Å². The van der Waals surface area contributed by atoms with Gasteiger partial charge in [0.2, 0.25) is 0 Å². The number of nitrogens with zero attached hydrogens (tertiary/aromatic N) is 4. The molecule has 0 aliphatic heterocycles. The lowest BCUT2D eigenvalue weighted by molar-refractivity contribution is 0.0519. The van der Waals surface area contributed by atoms with Crippen LogP contribution in [0.4, 0.5) is 0 Å². The summed E-state index contributed by atoms with van der Waals surface area (Å²) in [7, 11) is 0. The van der Waals surface area contributed by atoms with Crippen molar-refractivity contribution in [2.75, 3.05) is 6.61 Å². The summed E-state index contributed by atoms with van der Waals surface area (Å²) in [6.07, 6.45) is 0. The lowest BCUT2D eigenvalue weighted by Crippen LogP contribution is -2.07. The third-order valence-corrected chi connectivity index (χ3v) is 5.44. The van der Waals surface area contributed by atoms with E-state index < -0.39 is 5.97 Å². The Morgan fingerprint density at radius 3 is 2.59 bits per heavy atom. The molecule has 0 fully saturated rings. The van der Waals surface area contributed by atoms with E-state index in [4.69, 9.17) is 4.74 Å². The Kier molecular flexibility index (Phi) is 5.22. The fraction of sp³-hybridized carbons (Fsp3) is 0.182. The van der Waals surface area contributed by atoms with Crippen LogP contribution >= 0.6 is 11.3 Å². The van der Waals surface area contributed by atoms with E-state index in [-0.39, 0.29) is 5.69 Å². The highest BCUT2D eigenvalue weighted by molar-refractivity contribution is 7.17. The van der Waals surface area contributed by atoms with Gasteiger partial charge in [-0.1, -0.05) is 53.3 Å². The van der Waals surface area contributed by atoms with Crippen molar-refractivity contribution in [2.24, 2.45) is 0 Å². The minimum absolute atomic E-state index is 0.248. The second kappa shape index (κ2) is 7.97. The first kappa shape index (κ1) is 19.0. The van der Waals surface area contributed by atoms with Gasteiger partial charge in [0.25, 0.3) is 0 Å². The van der Waals surface area contributed by atoms with Gasteiger partial charge in [0.15, 0.2) is 10.7 Å². The summed E-state index contributed by atoms with van der Waals surface area (Å²) in [5.41, 5.74) is 5.05. The van der Waals surface area contributed by atoms with Gasteiger partial charge in [-0.3, -0.25) is 0 Å². The van der Waals surface area contributed by atoms with Crippen LogP contribution in [0.5, 0.6) is 0 Å². The van der Waals surface area contributed by atoms with Crippen molar-refractivity contribution in [3.63, 3.8) is 0 Å². The van der Waals surface area contributed by atoms with E-state index in [0.717, 1.165) is 27.4 Å². The number of para-hydroxylation sites is 1. The molecule has 0 unspecified atom stereocenters. The number of hydrogen-bond donors (Lipinski definition) is 0. The molecule has 0 N–H and O–H groups in total. The third kappa shape index (κ3) is 3.82. The Balaban J connectivity index is 1.82. The maximum Gasteiger partial charge on any atom is 0.358 e. The molecule has 0 saturated heterocycles. The number of benzene rings is 2. The van der Waals surface area contributed by atoms with Crippen LogP contribution in [0.15, 0.2) is 54.6 Å². The van der Waals surface area contributed by atoms with E-state index in [1.807, 2.05) is 56.3 Å². The van der Waals surface area contributed by atoms with E-state index in [2.05, 4.69) is 21.4 Å². The van der Waals surface area contributed by atoms with Crippen molar-refractivity contribution in [1.29, 1.82) is 0 Å². The molecule has 0 atom stereocenters. The minimum atomic E-state index is -0.454. The molecule has 0 spiro atoms. The normalized spacial score (nSPS) is 10.9. The highest BCUT2D eigenvalue weighted by Crippen LogP contribution is 2.32. The van der Waals surface area contributed by atoms with Crippen LogP contribution in [0.2, 0.25) is 0 Å². The van der Waals surface area contributed by atoms with Crippen molar-refractivity contribution in [1.82, 2.24) is 20.0 Å². The quantitative estimate of drug-likeness (QED) is 0.445. The maximum atomic E-state index is 12.3. The smallest absolute Gasteiger partial charge is 0.358 e. The third-order valence-electron chi connectivity index (χ3n) is 4.45. The van der Waals surface area contributed by atoms with E-state index in [1.165, 1.54) is 11.3 Å². The van der Waals surface area contributed by atoms with E-state index in [0.29, 0.717) is 17.3 Å². The zero-order chi connectivity index (χ0) is 20.4. The van der Waals surface area contributed by atoms with E-state index in [9.17, 15) is 4.79 Å². The molecule has 6 nitrogen and oxygen atoms in total. The summed E-state index contributed by atoms with van der Waals surface area (Å²) in [5, 5.41) is 14.8. The van der Waals surface area contributed by atoms with Crippen molar-refractivity contribution in [2.45, 2.75) is 20.8 Å². The minimum Gasteiger partial charge on any atom is -0.461 e. The van der Waals surface area contributed by atoms with Gasteiger partial charge in [-0.25, -0.2) is 9.48 Å². The van der Waals surface area contributed by atoms with Gasteiger partial charge in [-0.2, -0.15) is 5.10 Å². The van der Waals surface area contributed by atoms with Gasteiger partial charge >= 0.3 is 5.97 Å². The van der Waals surface area contributed by atoms with Gasteiger partial charge in [0, 0.05) is 11.6 Å². The molecule has 0 aliphatic carbocycles. The van der Waals surface area contributed by atoms with Gasteiger partial charge in [-0.05, 0) is 38.5 Å². The zero-order valence-electron chi connectivity index (χ0n) is 16.4. The van der Waals surface area contributed by atoms with Crippen molar-refractivity contribution < 1.29 is 9.53 Å². The number of aryl methyl sites for hydroxylation is 2. The summed E-state index contributed by atoms with van der Waals surface area (Å²) < 4.78 is 6.88. The Hall–Kier alpha value is -3.32. The molecule has 0 saturated carbocycles. The fourth-order valence-electron chi connectivity index (χ4n) is 3.04. The number of rotatable bonds is 5. The predicted octanol–water partition coefficient (Wildman–Crippen LogP) is 4.85. The predicted molar refractivity (Wildman–Crippen MR) is 113 cm³/mol. The topological polar surface area (TPSA) is 69.9 Å². The molecule has 2 aromatic heterocycles. The van der Waals surface area contributed by atoms with Crippen LogP contribution in [-0.4, -0.2) is 32.6 Å². The van der Waals surface area contributed by atoms with E-state index in [1.54, 1.807) is 17.7 Å². The Morgan fingerprint density at radius 2 is 1.83 bits per heavy atom. The number of aromatic nitrogens is 4. The Bertz CT molecular complexity index is 1180. The van der Waals surface area contributed by atoms with Gasteiger partial charge in [-0.15, -0.1) is 10.2 Å². The van der Waals surface area contributed by atoms with E-state index >= 15 is 0 Å². The highest BCUT2D eigenvalue weighted by atomic mass is 32.1. The molecule has 29 heavy (non-hydrogen) atoms. The number of hydrogen-bond acceptors (Lipinski definition) is 6. The van der Waals surface area contributed by atoms with Crippen LogP contribution < -0.4 is 0 Å². The molecule has 2 heterocycles. The summed E-state index contributed by atoms with van der Waals surface area (Å²) >= 11 is 1.47. The molecule has 7 heteroatoms. The SMILES string of the molecule is CCOC(=O)c1cc(-c2nnc(-c3cccc(C)c3)s2)n(-c2ccccc2C)n1. The lowest BCUT2D eigenvalue weighted by Gasteiger charge is -2.08. The van der Waals surface area contributed by atoms with Crippen molar-refractivity contribution in [3.8, 4) is 27.0 Å². The second-order valence-corrected chi connectivity index (χ2v) is 7.59. The molecule has 0 aliphatic rings. The first-order chi connectivity index (χ1) is 14.1. The second-order valence-electron chi connectivity index (χ2n) is 6.62. The lowest BCUT2D eigenvalue weighted by atomic mass is 10.1. The Morgan fingerprint density at radius 1 is 1.03 bits per heavy atom. The average Bonchev–Trinajstić information content (AvgIpc) is 3.36. The van der Waals surface area contributed by atoms with Crippen molar-refractivity contribution >= 4 is 17.3 Å². The molecular weight excluding hydrogens is 384 g/mol. The molecule has 4 rings (SSSR count). The molecule has 0 radical (unpaired) electrons. The highest BCUT2D eigenvalue weighted by Gasteiger charge is 2.21. The first-order valence-corrected chi connectivity index (χ1v) is 10.1. The summed E-state index contributed by atoms with van der Waals surface area (Å²) in [6.45, 7) is 6.12. The van der Waals surface area contributed by atoms with Gasteiger partial charge in [0.1, 0.15) is 10.7 Å². The molecular formula is C22H20N4O2S. The number of ether oxygens (including phenoxy) is 1. The molecule has 0 amide bonds. The maximum absolute atomic E-state index is 12.3. The van der Waals surface area contributed by atoms with Crippen LogP contribution in [0.3, 0.4) is 0 Å². The molecule has 146 valence electrons. The molecule has 4 aromatic rings. The molecule has 0 bridgehead atoms. The van der Waals surface area contributed by atoms with Crippen LogP contribution in [0.25, 0.3) is 27.0 Å².